The average molecular weight is 373 g/mol. The van der Waals surface area contributed by atoms with Gasteiger partial charge in [0.15, 0.2) is 5.78 Å². The summed E-state index contributed by atoms with van der Waals surface area (Å²) >= 11 is 5.82. The number of hydrogen-bond donors (Lipinski definition) is 0. The Hall–Kier alpha value is -1.10. The van der Waals surface area contributed by atoms with E-state index in [1.807, 2.05) is 4.90 Å². The number of carbonyl (C=O) groups excluding carboxylic acids is 2. The summed E-state index contributed by atoms with van der Waals surface area (Å²) in [7, 11) is 0. The van der Waals surface area contributed by atoms with Crippen molar-refractivity contribution in [2.24, 2.45) is 0 Å². The number of benzene rings is 1. The van der Waals surface area contributed by atoms with E-state index >= 15 is 0 Å². The molecule has 1 heterocycles. The maximum Gasteiger partial charge on any atom is 0.223 e. The molecule has 1 fully saturated rings. The zero-order chi connectivity index (χ0) is 16.8. The second-order valence-electron chi connectivity index (χ2n) is 6.29. The van der Waals surface area contributed by atoms with Crippen molar-refractivity contribution in [2.75, 3.05) is 26.2 Å². The fraction of sp³-hybridized carbons (Fsp3) is 0.556. The van der Waals surface area contributed by atoms with Gasteiger partial charge in [-0.3, -0.25) is 14.5 Å². The number of carbonyl (C=O) groups is 2. The lowest BCUT2D eigenvalue weighted by Gasteiger charge is -2.24. The summed E-state index contributed by atoms with van der Waals surface area (Å²) in [5, 5.41) is 0.608. The first kappa shape index (κ1) is 20.9. The van der Waals surface area contributed by atoms with Crippen LogP contribution in [0.15, 0.2) is 24.3 Å². The molecule has 0 N–H and O–H groups in total. The van der Waals surface area contributed by atoms with Crippen LogP contribution in [0.1, 0.15) is 43.5 Å². The summed E-state index contributed by atoms with van der Waals surface area (Å²) in [6, 6.07) is 7.33. The zero-order valence-corrected chi connectivity index (χ0v) is 15.9. The molecule has 0 bridgehead atoms. The van der Waals surface area contributed by atoms with Crippen molar-refractivity contribution in [3.05, 3.63) is 34.9 Å². The van der Waals surface area contributed by atoms with Crippen LogP contribution in [0.4, 0.5) is 0 Å². The largest absolute Gasteiger partial charge is 0.341 e. The highest BCUT2D eigenvalue weighted by molar-refractivity contribution is 6.30. The van der Waals surface area contributed by atoms with E-state index in [2.05, 4.69) is 18.7 Å². The summed E-state index contributed by atoms with van der Waals surface area (Å²) in [6.45, 7) is 7.85. The number of nitrogens with zero attached hydrogens (tertiary/aromatic N) is 2. The zero-order valence-electron chi connectivity index (χ0n) is 14.3. The van der Waals surface area contributed by atoms with E-state index in [0.29, 0.717) is 16.6 Å². The standard InChI is InChI=1S/C18H25ClN2O2.ClH/c1-14(2)20-10-3-11-21(13-12-20)18(23)9-8-17(22)15-4-6-16(19)7-5-15;/h4-7,14H,3,8-13H2,1-2H3;1H. The molecule has 0 aromatic heterocycles. The minimum Gasteiger partial charge on any atom is -0.341 e. The number of halogens is 2. The fourth-order valence-corrected chi connectivity index (χ4v) is 2.99. The van der Waals surface area contributed by atoms with Crippen LogP contribution < -0.4 is 0 Å². The van der Waals surface area contributed by atoms with Crippen LogP contribution in [0.5, 0.6) is 0 Å². The molecule has 1 aromatic rings. The molecule has 1 aliphatic rings. The van der Waals surface area contributed by atoms with Gasteiger partial charge in [0, 0.05) is 55.6 Å². The molecule has 1 aromatic carbocycles. The summed E-state index contributed by atoms with van der Waals surface area (Å²) in [4.78, 5) is 28.8. The molecule has 0 saturated carbocycles. The Labute approximate surface area is 155 Å². The highest BCUT2D eigenvalue weighted by Crippen LogP contribution is 2.13. The second-order valence-corrected chi connectivity index (χ2v) is 6.73. The SMILES string of the molecule is CC(C)N1CCCN(C(=O)CCC(=O)c2ccc(Cl)cc2)CC1.Cl. The maximum atomic E-state index is 12.4. The molecule has 0 unspecified atom stereocenters. The quantitative estimate of drug-likeness (QED) is 0.740. The van der Waals surface area contributed by atoms with E-state index in [-0.39, 0.29) is 36.9 Å². The Morgan fingerprint density at radius 2 is 1.71 bits per heavy atom. The lowest BCUT2D eigenvalue weighted by atomic mass is 10.1. The van der Waals surface area contributed by atoms with Gasteiger partial charge in [-0.05, 0) is 44.5 Å². The minimum absolute atomic E-state index is 0. The van der Waals surface area contributed by atoms with Gasteiger partial charge in [-0.25, -0.2) is 0 Å². The third-order valence-electron chi connectivity index (χ3n) is 4.35. The van der Waals surface area contributed by atoms with Crippen LogP contribution in [-0.2, 0) is 4.79 Å². The van der Waals surface area contributed by atoms with E-state index < -0.39 is 0 Å². The monoisotopic (exact) mass is 372 g/mol. The number of rotatable bonds is 5. The van der Waals surface area contributed by atoms with Crippen LogP contribution in [0.3, 0.4) is 0 Å². The fourth-order valence-electron chi connectivity index (χ4n) is 2.86. The Bertz CT molecular complexity index is 546. The molecule has 24 heavy (non-hydrogen) atoms. The third-order valence-corrected chi connectivity index (χ3v) is 4.60. The predicted octanol–water partition coefficient (Wildman–Crippen LogP) is 3.67. The van der Waals surface area contributed by atoms with Crippen LogP contribution in [0.2, 0.25) is 5.02 Å². The Morgan fingerprint density at radius 3 is 2.33 bits per heavy atom. The number of hydrogen-bond acceptors (Lipinski definition) is 3. The molecule has 0 radical (unpaired) electrons. The molecule has 2 rings (SSSR count). The number of amides is 1. The van der Waals surface area contributed by atoms with Gasteiger partial charge >= 0.3 is 0 Å². The molecule has 1 aliphatic heterocycles. The van der Waals surface area contributed by atoms with Gasteiger partial charge in [-0.1, -0.05) is 11.6 Å². The topological polar surface area (TPSA) is 40.6 Å². The molecular weight excluding hydrogens is 347 g/mol. The van der Waals surface area contributed by atoms with Crippen molar-refractivity contribution in [2.45, 2.75) is 39.2 Å². The first-order valence-corrected chi connectivity index (χ1v) is 8.66. The van der Waals surface area contributed by atoms with E-state index in [4.69, 9.17) is 11.6 Å². The van der Waals surface area contributed by atoms with Crippen molar-refractivity contribution >= 4 is 35.7 Å². The van der Waals surface area contributed by atoms with Crippen LogP contribution >= 0.6 is 24.0 Å². The lowest BCUT2D eigenvalue weighted by Crippen LogP contribution is -2.37. The Balaban J connectivity index is 0.00000288. The summed E-state index contributed by atoms with van der Waals surface area (Å²) in [5.74, 6) is 0.0755. The normalized spacial score (nSPS) is 15.8. The first-order valence-electron chi connectivity index (χ1n) is 8.28. The predicted molar refractivity (Wildman–Crippen MR) is 100 cm³/mol. The molecule has 0 aliphatic carbocycles. The van der Waals surface area contributed by atoms with Crippen LogP contribution in [0, 0.1) is 0 Å². The van der Waals surface area contributed by atoms with Gasteiger partial charge in [-0.15, -0.1) is 12.4 Å². The number of Topliss-reactive ketones (excluding diaryl/α,β-unsaturated/α-hetero) is 1. The Kier molecular flexibility index (Phi) is 8.74. The smallest absolute Gasteiger partial charge is 0.223 e. The van der Waals surface area contributed by atoms with Crippen LogP contribution in [0.25, 0.3) is 0 Å². The molecule has 4 nitrogen and oxygen atoms in total. The summed E-state index contributed by atoms with van der Waals surface area (Å²) < 4.78 is 0. The molecular formula is C18H26Cl2N2O2. The van der Waals surface area contributed by atoms with Crippen LogP contribution in [-0.4, -0.2) is 53.7 Å². The maximum absolute atomic E-state index is 12.4. The van der Waals surface area contributed by atoms with Crippen molar-refractivity contribution in [1.82, 2.24) is 9.80 Å². The van der Waals surface area contributed by atoms with Gasteiger partial charge in [0.1, 0.15) is 0 Å². The van der Waals surface area contributed by atoms with Crippen molar-refractivity contribution in [3.63, 3.8) is 0 Å². The third kappa shape index (κ3) is 6.08. The van der Waals surface area contributed by atoms with Gasteiger partial charge in [0.25, 0.3) is 0 Å². The first-order chi connectivity index (χ1) is 11.0. The molecule has 6 heteroatoms. The Morgan fingerprint density at radius 1 is 1.04 bits per heavy atom. The highest BCUT2D eigenvalue weighted by atomic mass is 35.5. The lowest BCUT2D eigenvalue weighted by molar-refractivity contribution is -0.131. The van der Waals surface area contributed by atoms with Crippen molar-refractivity contribution < 1.29 is 9.59 Å². The molecule has 0 spiro atoms. The minimum atomic E-state index is -0.00588. The second kappa shape index (κ2) is 10.0. The molecule has 134 valence electrons. The molecule has 0 atom stereocenters. The van der Waals surface area contributed by atoms with Crippen molar-refractivity contribution in [1.29, 1.82) is 0 Å². The van der Waals surface area contributed by atoms with Gasteiger partial charge in [0.2, 0.25) is 5.91 Å². The summed E-state index contributed by atoms with van der Waals surface area (Å²) in [5.41, 5.74) is 0.615. The van der Waals surface area contributed by atoms with Gasteiger partial charge in [0.05, 0.1) is 0 Å². The van der Waals surface area contributed by atoms with E-state index in [1.165, 1.54) is 0 Å². The number of ketones is 1. The highest BCUT2D eigenvalue weighted by Gasteiger charge is 2.21. The van der Waals surface area contributed by atoms with Gasteiger partial charge < -0.3 is 4.90 Å². The molecule has 1 amide bonds. The summed E-state index contributed by atoms with van der Waals surface area (Å²) in [6.07, 6.45) is 1.53. The molecule has 1 saturated heterocycles. The van der Waals surface area contributed by atoms with Crippen molar-refractivity contribution in [3.8, 4) is 0 Å². The van der Waals surface area contributed by atoms with E-state index in [0.717, 1.165) is 32.6 Å². The van der Waals surface area contributed by atoms with E-state index in [9.17, 15) is 9.59 Å². The average Bonchev–Trinajstić information content (AvgIpc) is 2.79. The van der Waals surface area contributed by atoms with E-state index in [1.54, 1.807) is 24.3 Å². The van der Waals surface area contributed by atoms with Gasteiger partial charge in [-0.2, -0.15) is 0 Å².